The van der Waals surface area contributed by atoms with Gasteiger partial charge in [0.05, 0.1) is 24.7 Å². The first-order valence-corrected chi connectivity index (χ1v) is 13.2. The first-order valence-electron chi connectivity index (χ1n) is 13.2. The number of hydrogen-bond acceptors (Lipinski definition) is 5. The summed E-state index contributed by atoms with van der Waals surface area (Å²) < 4.78 is 11.6. The molecular formula is C31H32N2O6. The van der Waals surface area contributed by atoms with Crippen molar-refractivity contribution < 1.29 is 29.0 Å². The number of benzene rings is 3. The van der Waals surface area contributed by atoms with Crippen LogP contribution < -0.4 is 10.6 Å². The molecule has 0 aliphatic heterocycles. The number of carboxylic acid groups (broad SMARTS) is 1. The van der Waals surface area contributed by atoms with Gasteiger partial charge in [-0.15, -0.1) is 0 Å². The maximum Gasteiger partial charge on any atom is 0.407 e. The van der Waals surface area contributed by atoms with Crippen LogP contribution in [0.3, 0.4) is 0 Å². The third kappa shape index (κ3) is 6.12. The molecule has 8 nitrogen and oxygen atoms in total. The lowest BCUT2D eigenvalue weighted by Crippen LogP contribution is -2.56. The van der Waals surface area contributed by atoms with Crippen LogP contribution in [0, 0.1) is 0 Å². The summed E-state index contributed by atoms with van der Waals surface area (Å²) in [4.78, 5) is 37.6. The summed E-state index contributed by atoms with van der Waals surface area (Å²) in [6.07, 6.45) is -0.471. The van der Waals surface area contributed by atoms with Crippen LogP contribution in [0.15, 0.2) is 78.9 Å². The van der Waals surface area contributed by atoms with Crippen LogP contribution in [-0.2, 0) is 25.7 Å². The highest BCUT2D eigenvalue weighted by atomic mass is 16.5. The molecule has 0 radical (unpaired) electrons. The molecule has 2 aliphatic carbocycles. The molecule has 2 aliphatic rings. The molecule has 0 bridgehead atoms. The van der Waals surface area contributed by atoms with Gasteiger partial charge in [-0.2, -0.15) is 0 Å². The van der Waals surface area contributed by atoms with E-state index in [1.54, 1.807) is 6.92 Å². The molecule has 0 aromatic heterocycles. The quantitative estimate of drug-likeness (QED) is 0.335. The number of ether oxygens (including phenoxy) is 2. The molecule has 39 heavy (non-hydrogen) atoms. The number of rotatable bonds is 11. The molecule has 0 heterocycles. The van der Waals surface area contributed by atoms with E-state index in [0.29, 0.717) is 12.8 Å². The van der Waals surface area contributed by atoms with E-state index in [2.05, 4.69) is 22.8 Å². The normalized spacial score (nSPS) is 16.3. The zero-order chi connectivity index (χ0) is 27.4. The molecule has 2 atom stereocenters. The molecule has 3 aromatic carbocycles. The number of aliphatic carboxylic acids is 1. The predicted octanol–water partition coefficient (Wildman–Crippen LogP) is 4.62. The van der Waals surface area contributed by atoms with Crippen LogP contribution >= 0.6 is 0 Å². The second kappa shape index (κ2) is 11.3. The van der Waals surface area contributed by atoms with Gasteiger partial charge < -0.3 is 25.2 Å². The van der Waals surface area contributed by atoms with Gasteiger partial charge in [0.15, 0.2) is 0 Å². The molecule has 3 N–H and O–H groups in total. The summed E-state index contributed by atoms with van der Waals surface area (Å²) in [6.45, 7) is 2.06. The minimum atomic E-state index is -1.07. The van der Waals surface area contributed by atoms with Crippen LogP contribution in [0.4, 0.5) is 4.79 Å². The zero-order valence-electron chi connectivity index (χ0n) is 21.8. The number of nitrogens with one attached hydrogen (secondary N) is 2. The van der Waals surface area contributed by atoms with Gasteiger partial charge in [-0.1, -0.05) is 78.9 Å². The molecule has 1 fully saturated rings. The van der Waals surface area contributed by atoms with Gasteiger partial charge in [-0.3, -0.25) is 9.59 Å². The fourth-order valence-electron chi connectivity index (χ4n) is 5.19. The van der Waals surface area contributed by atoms with Gasteiger partial charge in [0, 0.05) is 5.92 Å². The first kappa shape index (κ1) is 26.4. The Balaban J connectivity index is 1.26. The Morgan fingerprint density at radius 2 is 1.51 bits per heavy atom. The molecule has 2 amide bonds. The molecule has 3 aromatic rings. The van der Waals surface area contributed by atoms with Gasteiger partial charge >= 0.3 is 12.1 Å². The van der Waals surface area contributed by atoms with E-state index < -0.39 is 35.7 Å². The van der Waals surface area contributed by atoms with Crippen LogP contribution in [0.2, 0.25) is 0 Å². The number of carbonyl (C=O) groups excluding carboxylic acids is 2. The first-order chi connectivity index (χ1) is 18.8. The highest BCUT2D eigenvalue weighted by Crippen LogP contribution is 2.44. The van der Waals surface area contributed by atoms with Crippen LogP contribution in [0.5, 0.6) is 0 Å². The molecule has 0 spiro atoms. The monoisotopic (exact) mass is 528 g/mol. The van der Waals surface area contributed by atoms with Crippen LogP contribution in [-0.4, -0.2) is 47.4 Å². The third-order valence-electron chi connectivity index (χ3n) is 7.46. The topological polar surface area (TPSA) is 114 Å². The van der Waals surface area contributed by atoms with Crippen molar-refractivity contribution in [2.75, 3.05) is 6.61 Å². The minimum absolute atomic E-state index is 0.108. The number of fused-ring (bicyclic) bond motifs is 3. The molecule has 0 unspecified atom stereocenters. The maximum absolute atomic E-state index is 13.3. The number of carbonyl (C=O) groups is 3. The summed E-state index contributed by atoms with van der Waals surface area (Å²) in [6, 6.07) is 24.5. The molecule has 202 valence electrons. The lowest BCUT2D eigenvalue weighted by atomic mass is 9.98. The molecule has 1 saturated carbocycles. The number of amides is 2. The molecule has 0 saturated heterocycles. The lowest BCUT2D eigenvalue weighted by Gasteiger charge is -2.27. The zero-order valence-corrected chi connectivity index (χ0v) is 21.8. The Kier molecular flexibility index (Phi) is 7.65. The second-order valence-electron chi connectivity index (χ2n) is 10.3. The second-order valence-corrected chi connectivity index (χ2v) is 10.3. The van der Waals surface area contributed by atoms with Crippen molar-refractivity contribution in [3.8, 4) is 11.1 Å². The minimum Gasteiger partial charge on any atom is -0.481 e. The predicted molar refractivity (Wildman–Crippen MR) is 145 cm³/mol. The average molecular weight is 529 g/mol. The van der Waals surface area contributed by atoms with Crippen molar-refractivity contribution in [1.82, 2.24) is 10.6 Å². The Bertz CT molecular complexity index is 1310. The number of hydrogen-bond donors (Lipinski definition) is 3. The van der Waals surface area contributed by atoms with Crippen molar-refractivity contribution in [1.29, 1.82) is 0 Å². The SMILES string of the molecule is C[C@H](OCc1ccccc1)[C@@H](NC(=O)OCC1c2ccccc2-c2ccccc21)C(=O)NC1(CC(=O)O)CC1. The highest BCUT2D eigenvalue weighted by molar-refractivity contribution is 5.88. The smallest absolute Gasteiger partial charge is 0.407 e. The highest BCUT2D eigenvalue weighted by Gasteiger charge is 2.47. The van der Waals surface area contributed by atoms with E-state index in [1.165, 1.54) is 0 Å². The van der Waals surface area contributed by atoms with Gasteiger partial charge in [0.1, 0.15) is 12.6 Å². The van der Waals surface area contributed by atoms with Gasteiger partial charge in [0.2, 0.25) is 5.91 Å². The van der Waals surface area contributed by atoms with E-state index in [1.807, 2.05) is 66.7 Å². The van der Waals surface area contributed by atoms with E-state index in [4.69, 9.17) is 9.47 Å². The van der Waals surface area contributed by atoms with Crippen molar-refractivity contribution in [2.24, 2.45) is 0 Å². The summed E-state index contributed by atoms with van der Waals surface area (Å²) in [5.41, 5.74) is 4.55. The summed E-state index contributed by atoms with van der Waals surface area (Å²) in [5, 5.41) is 14.8. The fraction of sp³-hybridized carbons (Fsp3) is 0.323. The molecule has 8 heteroatoms. The van der Waals surface area contributed by atoms with Crippen LogP contribution in [0.1, 0.15) is 48.8 Å². The Morgan fingerprint density at radius 1 is 0.923 bits per heavy atom. The maximum atomic E-state index is 13.3. The largest absolute Gasteiger partial charge is 0.481 e. The molecular weight excluding hydrogens is 496 g/mol. The Hall–Kier alpha value is -4.17. The van der Waals surface area contributed by atoms with E-state index in [9.17, 15) is 19.5 Å². The summed E-state index contributed by atoms with van der Waals surface area (Å²) in [7, 11) is 0. The number of alkyl carbamates (subject to hydrolysis) is 1. The average Bonchev–Trinajstić information content (AvgIpc) is 3.60. The Morgan fingerprint density at radius 3 is 2.10 bits per heavy atom. The van der Waals surface area contributed by atoms with Crippen LogP contribution in [0.25, 0.3) is 11.1 Å². The van der Waals surface area contributed by atoms with Gasteiger partial charge in [-0.05, 0) is 47.6 Å². The standard InChI is InChI=1S/C31H32N2O6/c1-20(38-18-21-9-3-2-4-10-21)28(29(36)33-31(15-16-31)17-27(34)35)32-30(37)39-19-26-24-13-7-5-11-22(24)23-12-6-8-14-25(23)26/h2-14,20,26,28H,15-19H2,1H3,(H,32,37)(H,33,36)(H,34,35)/t20-,28+/m0/s1. The number of carboxylic acids is 1. The van der Waals surface area contributed by atoms with E-state index >= 15 is 0 Å². The van der Waals surface area contributed by atoms with Crippen molar-refractivity contribution in [2.45, 2.75) is 56.4 Å². The fourth-order valence-corrected chi connectivity index (χ4v) is 5.19. The van der Waals surface area contributed by atoms with Crippen molar-refractivity contribution >= 4 is 18.0 Å². The van der Waals surface area contributed by atoms with Gasteiger partial charge in [-0.25, -0.2) is 4.79 Å². The van der Waals surface area contributed by atoms with E-state index in [0.717, 1.165) is 27.8 Å². The molecule has 5 rings (SSSR count). The summed E-state index contributed by atoms with van der Waals surface area (Å²) in [5.74, 6) is -1.60. The summed E-state index contributed by atoms with van der Waals surface area (Å²) >= 11 is 0. The lowest BCUT2D eigenvalue weighted by molar-refractivity contribution is -0.138. The van der Waals surface area contributed by atoms with Crippen molar-refractivity contribution in [3.05, 3.63) is 95.6 Å². The van der Waals surface area contributed by atoms with Crippen molar-refractivity contribution in [3.63, 3.8) is 0 Å². The third-order valence-corrected chi connectivity index (χ3v) is 7.46. The van der Waals surface area contributed by atoms with E-state index in [-0.39, 0.29) is 25.6 Å². The Labute approximate surface area is 227 Å². The van der Waals surface area contributed by atoms with Gasteiger partial charge in [0.25, 0.3) is 0 Å².